The Hall–Kier alpha value is -2.51. The number of nitrogens with one attached hydrogen (secondary N) is 1. The summed E-state index contributed by atoms with van der Waals surface area (Å²) in [6.45, 7) is 4.39. The summed E-state index contributed by atoms with van der Waals surface area (Å²) in [5.41, 5.74) is 3.07. The maximum atomic E-state index is 12.1. The van der Waals surface area contributed by atoms with Gasteiger partial charge in [0.2, 0.25) is 5.91 Å². The second-order valence-electron chi connectivity index (χ2n) is 7.19. The number of benzene rings is 2. The summed E-state index contributed by atoms with van der Waals surface area (Å²) in [5, 5.41) is 13.1. The van der Waals surface area contributed by atoms with Gasteiger partial charge in [0.1, 0.15) is 5.75 Å². The molecule has 0 atom stereocenters. The number of carbonyl (C=O) groups excluding carboxylic acids is 1. The minimum absolute atomic E-state index is 0.0183. The Morgan fingerprint density at radius 3 is 2.84 bits per heavy atom. The molecule has 1 amide bonds. The summed E-state index contributed by atoms with van der Waals surface area (Å²) >= 11 is 7.86. The zero-order chi connectivity index (χ0) is 22.2. The molecule has 0 saturated heterocycles. The molecule has 164 valence electrons. The number of thioether (sulfide) groups is 1. The molecule has 0 radical (unpaired) electrons. The molecular formula is C23H27ClN4O2S. The number of rotatable bonds is 10. The smallest absolute Gasteiger partial charge is 0.220 e. The van der Waals surface area contributed by atoms with Crippen molar-refractivity contribution < 1.29 is 9.53 Å². The fourth-order valence-electron chi connectivity index (χ4n) is 3.09. The van der Waals surface area contributed by atoms with Crippen LogP contribution in [0.15, 0.2) is 47.6 Å². The van der Waals surface area contributed by atoms with Crippen LogP contribution in [0, 0.1) is 6.92 Å². The predicted octanol–water partition coefficient (Wildman–Crippen LogP) is 5.34. The molecule has 31 heavy (non-hydrogen) atoms. The van der Waals surface area contributed by atoms with Gasteiger partial charge in [-0.2, -0.15) is 0 Å². The molecule has 6 nitrogen and oxygen atoms in total. The molecule has 0 unspecified atom stereocenters. The van der Waals surface area contributed by atoms with E-state index in [4.69, 9.17) is 16.3 Å². The zero-order valence-electron chi connectivity index (χ0n) is 18.0. The molecule has 1 N–H and O–H groups in total. The summed E-state index contributed by atoms with van der Waals surface area (Å²) in [6, 6.07) is 13.7. The lowest BCUT2D eigenvalue weighted by atomic mass is 10.2. The largest absolute Gasteiger partial charge is 0.497 e. The molecule has 8 heteroatoms. The number of hydrogen-bond donors (Lipinski definition) is 1. The van der Waals surface area contributed by atoms with E-state index in [0.29, 0.717) is 29.6 Å². The summed E-state index contributed by atoms with van der Waals surface area (Å²) in [6.07, 6.45) is 2.36. The van der Waals surface area contributed by atoms with E-state index in [-0.39, 0.29) is 5.91 Å². The van der Waals surface area contributed by atoms with Crippen molar-refractivity contribution in [1.29, 1.82) is 0 Å². The number of amides is 1. The SMILES string of the molecule is CCCCC(=O)NCc1nnc(SCc2cccc(OC)c2)n1-c1cc(Cl)ccc1C. The number of hydrogen-bond acceptors (Lipinski definition) is 5. The van der Waals surface area contributed by atoms with E-state index < -0.39 is 0 Å². The quantitative estimate of drug-likeness (QED) is 0.415. The van der Waals surface area contributed by atoms with Crippen LogP contribution in [0.1, 0.15) is 43.1 Å². The molecule has 1 aromatic heterocycles. The third-order valence-corrected chi connectivity index (χ3v) is 6.05. The first-order valence-electron chi connectivity index (χ1n) is 10.2. The first-order valence-corrected chi connectivity index (χ1v) is 11.6. The topological polar surface area (TPSA) is 69.0 Å². The number of ether oxygens (including phenoxy) is 1. The van der Waals surface area contributed by atoms with Crippen LogP contribution in [0.25, 0.3) is 5.69 Å². The van der Waals surface area contributed by atoms with E-state index in [0.717, 1.165) is 40.6 Å². The Kier molecular flexibility index (Phi) is 8.37. The molecule has 0 spiro atoms. The van der Waals surface area contributed by atoms with Crippen molar-refractivity contribution in [3.05, 3.63) is 64.4 Å². The predicted molar refractivity (Wildman–Crippen MR) is 125 cm³/mol. The van der Waals surface area contributed by atoms with E-state index >= 15 is 0 Å². The van der Waals surface area contributed by atoms with Gasteiger partial charge in [-0.3, -0.25) is 9.36 Å². The lowest BCUT2D eigenvalue weighted by Crippen LogP contribution is -2.24. The van der Waals surface area contributed by atoms with Crippen LogP contribution in [0.5, 0.6) is 5.75 Å². The Bertz CT molecular complexity index is 1040. The van der Waals surface area contributed by atoms with Gasteiger partial charge in [0.25, 0.3) is 0 Å². The normalized spacial score (nSPS) is 10.8. The highest BCUT2D eigenvalue weighted by atomic mass is 35.5. The summed E-state index contributed by atoms with van der Waals surface area (Å²) in [5.74, 6) is 2.21. The fraction of sp³-hybridized carbons (Fsp3) is 0.348. The van der Waals surface area contributed by atoms with Crippen LogP contribution >= 0.6 is 23.4 Å². The number of methoxy groups -OCH3 is 1. The number of unbranched alkanes of at least 4 members (excludes halogenated alkanes) is 1. The first kappa shape index (κ1) is 23.2. The molecule has 0 fully saturated rings. The monoisotopic (exact) mass is 458 g/mol. The second-order valence-corrected chi connectivity index (χ2v) is 8.56. The molecule has 2 aromatic carbocycles. The highest BCUT2D eigenvalue weighted by molar-refractivity contribution is 7.98. The van der Waals surface area contributed by atoms with Crippen molar-refractivity contribution >= 4 is 29.3 Å². The summed E-state index contributed by atoms with van der Waals surface area (Å²) < 4.78 is 7.30. The standard InChI is InChI=1S/C23H27ClN4O2S/c1-4-5-9-22(29)25-14-21-26-27-23(28(21)20-13-18(24)11-10-16(20)2)31-15-17-7-6-8-19(12-17)30-3/h6-8,10-13H,4-5,9,14-15H2,1-3H3,(H,25,29). The highest BCUT2D eigenvalue weighted by Crippen LogP contribution is 2.29. The summed E-state index contributed by atoms with van der Waals surface area (Å²) in [4.78, 5) is 12.1. The Morgan fingerprint density at radius 1 is 1.23 bits per heavy atom. The van der Waals surface area contributed by atoms with Gasteiger partial charge in [0, 0.05) is 17.2 Å². The lowest BCUT2D eigenvalue weighted by Gasteiger charge is -2.14. The van der Waals surface area contributed by atoms with Crippen LogP contribution in [0.4, 0.5) is 0 Å². The van der Waals surface area contributed by atoms with Gasteiger partial charge in [0.05, 0.1) is 19.3 Å². The average Bonchev–Trinajstić information content (AvgIpc) is 3.19. The number of aromatic nitrogens is 3. The Labute approximate surface area is 192 Å². The number of nitrogens with zero attached hydrogens (tertiary/aromatic N) is 3. The molecular weight excluding hydrogens is 432 g/mol. The molecule has 0 aliphatic rings. The van der Waals surface area contributed by atoms with E-state index in [1.807, 2.05) is 47.9 Å². The number of carbonyl (C=O) groups is 1. The maximum Gasteiger partial charge on any atom is 0.220 e. The van der Waals surface area contributed by atoms with Gasteiger partial charge in [-0.1, -0.05) is 54.9 Å². The van der Waals surface area contributed by atoms with E-state index in [1.165, 1.54) is 0 Å². The van der Waals surface area contributed by atoms with E-state index in [2.05, 4.69) is 28.5 Å². The van der Waals surface area contributed by atoms with Crippen molar-refractivity contribution in [2.75, 3.05) is 7.11 Å². The minimum atomic E-state index is 0.0183. The van der Waals surface area contributed by atoms with Crippen LogP contribution in [0.2, 0.25) is 5.02 Å². The molecule has 0 saturated carbocycles. The van der Waals surface area contributed by atoms with Gasteiger partial charge in [-0.25, -0.2) is 0 Å². The van der Waals surface area contributed by atoms with Gasteiger partial charge < -0.3 is 10.1 Å². The molecule has 1 heterocycles. The number of aryl methyl sites for hydroxylation is 1. The molecule has 0 bridgehead atoms. The van der Waals surface area contributed by atoms with Crippen LogP contribution in [0.3, 0.4) is 0 Å². The van der Waals surface area contributed by atoms with Gasteiger partial charge in [-0.15, -0.1) is 10.2 Å². The van der Waals surface area contributed by atoms with Crippen molar-refractivity contribution in [2.24, 2.45) is 0 Å². The zero-order valence-corrected chi connectivity index (χ0v) is 19.6. The average molecular weight is 459 g/mol. The fourth-order valence-corrected chi connectivity index (χ4v) is 4.16. The van der Waals surface area contributed by atoms with Crippen LogP contribution < -0.4 is 10.1 Å². The van der Waals surface area contributed by atoms with Crippen molar-refractivity contribution in [3.8, 4) is 11.4 Å². The van der Waals surface area contributed by atoms with Crippen LogP contribution in [-0.2, 0) is 17.1 Å². The van der Waals surface area contributed by atoms with Crippen LogP contribution in [-0.4, -0.2) is 27.8 Å². The molecule has 0 aliphatic heterocycles. The molecule has 3 rings (SSSR count). The third kappa shape index (κ3) is 6.24. The second kappa shape index (κ2) is 11.2. The molecule has 0 aliphatic carbocycles. The highest BCUT2D eigenvalue weighted by Gasteiger charge is 2.17. The molecule has 3 aromatic rings. The van der Waals surface area contributed by atoms with Crippen molar-refractivity contribution in [1.82, 2.24) is 20.1 Å². The van der Waals surface area contributed by atoms with Gasteiger partial charge in [0.15, 0.2) is 11.0 Å². The third-order valence-electron chi connectivity index (χ3n) is 4.82. The van der Waals surface area contributed by atoms with Crippen molar-refractivity contribution in [2.45, 2.75) is 50.6 Å². The maximum absolute atomic E-state index is 12.1. The minimum Gasteiger partial charge on any atom is -0.497 e. The van der Waals surface area contributed by atoms with Crippen molar-refractivity contribution in [3.63, 3.8) is 0 Å². The number of halogens is 1. The lowest BCUT2D eigenvalue weighted by molar-refractivity contribution is -0.121. The Morgan fingerprint density at radius 2 is 2.06 bits per heavy atom. The summed E-state index contributed by atoms with van der Waals surface area (Å²) in [7, 11) is 1.66. The van der Waals surface area contributed by atoms with E-state index in [9.17, 15) is 4.79 Å². The Balaban J connectivity index is 1.87. The van der Waals surface area contributed by atoms with Gasteiger partial charge in [-0.05, 0) is 48.7 Å². The van der Waals surface area contributed by atoms with E-state index in [1.54, 1.807) is 18.9 Å². The first-order chi connectivity index (χ1) is 15.0. The van der Waals surface area contributed by atoms with Gasteiger partial charge >= 0.3 is 0 Å².